The van der Waals surface area contributed by atoms with E-state index in [2.05, 4.69) is 4.74 Å². The molecule has 1 aromatic heterocycles. The van der Waals surface area contributed by atoms with Gasteiger partial charge in [-0.3, -0.25) is 4.79 Å². The van der Waals surface area contributed by atoms with E-state index in [0.717, 1.165) is 16.9 Å². The van der Waals surface area contributed by atoms with Crippen molar-refractivity contribution in [2.75, 3.05) is 13.1 Å². The van der Waals surface area contributed by atoms with E-state index >= 15 is 0 Å². The third-order valence-electron chi connectivity index (χ3n) is 3.92. The Bertz CT molecular complexity index is 684. The summed E-state index contributed by atoms with van der Waals surface area (Å²) in [4.78, 5) is 14.4. The monoisotopic (exact) mass is 374 g/mol. The Hall–Kier alpha value is -1.70. The Morgan fingerprint density at radius 1 is 1.25 bits per heavy atom. The molecule has 0 saturated carbocycles. The van der Waals surface area contributed by atoms with Crippen LogP contribution >= 0.6 is 23.7 Å². The molecule has 0 radical (unpaired) electrons. The van der Waals surface area contributed by atoms with E-state index in [1.807, 2.05) is 30.3 Å². The number of halogens is 3. The van der Waals surface area contributed by atoms with Gasteiger partial charge in [-0.1, -0.05) is 30.3 Å². The molecule has 8 heteroatoms. The second-order valence-corrected chi connectivity index (χ2v) is 6.30. The summed E-state index contributed by atoms with van der Waals surface area (Å²) < 4.78 is 29.2. The van der Waals surface area contributed by atoms with Gasteiger partial charge in [0.25, 0.3) is 5.91 Å². The number of ether oxygens (including phenoxy) is 1. The second-order valence-electron chi connectivity index (χ2n) is 5.38. The lowest BCUT2D eigenvalue weighted by atomic mass is 9.95. The van der Waals surface area contributed by atoms with Crippen molar-refractivity contribution in [1.82, 2.24) is 4.90 Å². The highest BCUT2D eigenvalue weighted by atomic mass is 35.5. The first kappa shape index (κ1) is 18.6. The Balaban J connectivity index is 0.00000208. The van der Waals surface area contributed by atoms with Crippen molar-refractivity contribution in [1.29, 1.82) is 0 Å². The zero-order valence-electron chi connectivity index (χ0n) is 12.6. The lowest BCUT2D eigenvalue weighted by Gasteiger charge is -2.16. The standard InChI is InChI=1S/C16H16F2N2O2S.ClH/c17-16(18)22-13-6-7-23-14(13)15(21)20-8-11(12(19)9-20)10-4-2-1-3-5-10;/h1-7,11-12,16H,8-9,19H2;1H/t11-,12+;/m0./s1. The van der Waals surface area contributed by atoms with E-state index in [1.54, 1.807) is 10.3 Å². The fourth-order valence-electron chi connectivity index (χ4n) is 2.83. The topological polar surface area (TPSA) is 55.6 Å². The van der Waals surface area contributed by atoms with Crippen LogP contribution in [0.2, 0.25) is 0 Å². The van der Waals surface area contributed by atoms with Crippen LogP contribution in [0, 0.1) is 0 Å². The number of thiophene rings is 1. The zero-order valence-corrected chi connectivity index (χ0v) is 14.2. The van der Waals surface area contributed by atoms with Gasteiger partial charge in [-0.05, 0) is 17.0 Å². The highest BCUT2D eigenvalue weighted by Gasteiger charge is 2.35. The van der Waals surface area contributed by atoms with Crippen LogP contribution in [0.25, 0.3) is 0 Å². The number of hydrogen-bond acceptors (Lipinski definition) is 4. The molecule has 0 spiro atoms. The van der Waals surface area contributed by atoms with Crippen molar-refractivity contribution >= 4 is 29.7 Å². The highest BCUT2D eigenvalue weighted by Crippen LogP contribution is 2.32. The summed E-state index contributed by atoms with van der Waals surface area (Å²) in [7, 11) is 0. The van der Waals surface area contributed by atoms with E-state index in [9.17, 15) is 13.6 Å². The zero-order chi connectivity index (χ0) is 16.4. The van der Waals surface area contributed by atoms with Crippen molar-refractivity contribution < 1.29 is 18.3 Å². The SMILES string of the molecule is Cl.N[C@@H]1CN(C(=O)c2sccc2OC(F)F)C[C@H]1c1ccccc1. The molecule has 1 aliphatic heterocycles. The minimum Gasteiger partial charge on any atom is -0.433 e. The first-order valence-corrected chi connectivity index (χ1v) is 8.06. The van der Waals surface area contributed by atoms with Crippen molar-refractivity contribution in [3.05, 3.63) is 52.2 Å². The van der Waals surface area contributed by atoms with Crippen LogP contribution in [0.4, 0.5) is 8.78 Å². The molecule has 2 atom stereocenters. The van der Waals surface area contributed by atoms with Gasteiger partial charge >= 0.3 is 6.61 Å². The molecule has 2 N–H and O–H groups in total. The van der Waals surface area contributed by atoms with Crippen molar-refractivity contribution in [3.8, 4) is 5.75 Å². The molecule has 1 amide bonds. The summed E-state index contributed by atoms with van der Waals surface area (Å²) in [5.74, 6) is -0.351. The molecular weight excluding hydrogens is 358 g/mol. The quantitative estimate of drug-likeness (QED) is 0.893. The largest absolute Gasteiger partial charge is 0.433 e. The van der Waals surface area contributed by atoms with Crippen LogP contribution in [0.3, 0.4) is 0 Å². The highest BCUT2D eigenvalue weighted by molar-refractivity contribution is 7.12. The van der Waals surface area contributed by atoms with E-state index in [-0.39, 0.29) is 40.9 Å². The van der Waals surface area contributed by atoms with Gasteiger partial charge in [0.05, 0.1) is 0 Å². The smallest absolute Gasteiger partial charge is 0.387 e. The predicted molar refractivity (Wildman–Crippen MR) is 91.3 cm³/mol. The summed E-state index contributed by atoms with van der Waals surface area (Å²) in [6.45, 7) is -2.09. The molecule has 2 heterocycles. The van der Waals surface area contributed by atoms with Gasteiger partial charge in [-0.2, -0.15) is 8.78 Å². The lowest BCUT2D eigenvalue weighted by Crippen LogP contribution is -2.32. The van der Waals surface area contributed by atoms with E-state index in [4.69, 9.17) is 5.73 Å². The molecule has 0 unspecified atom stereocenters. The van der Waals surface area contributed by atoms with E-state index in [1.165, 1.54) is 6.07 Å². The van der Waals surface area contributed by atoms with Gasteiger partial charge in [-0.15, -0.1) is 23.7 Å². The van der Waals surface area contributed by atoms with E-state index in [0.29, 0.717) is 13.1 Å². The number of nitrogens with zero attached hydrogens (tertiary/aromatic N) is 1. The number of hydrogen-bond donors (Lipinski definition) is 1. The van der Waals surface area contributed by atoms with Gasteiger partial charge in [-0.25, -0.2) is 0 Å². The number of benzene rings is 1. The van der Waals surface area contributed by atoms with Crippen LogP contribution in [-0.2, 0) is 0 Å². The molecule has 130 valence electrons. The Labute approximate surface area is 148 Å². The molecule has 1 aliphatic rings. The molecule has 3 rings (SSSR count). The fraction of sp³-hybridized carbons (Fsp3) is 0.312. The summed E-state index contributed by atoms with van der Waals surface area (Å²) in [6.07, 6.45) is 0. The Morgan fingerprint density at radius 2 is 1.96 bits per heavy atom. The number of carbonyl (C=O) groups excluding carboxylic acids is 1. The van der Waals surface area contributed by atoms with Crippen molar-refractivity contribution in [2.45, 2.75) is 18.6 Å². The van der Waals surface area contributed by atoms with Gasteiger partial charge in [0.1, 0.15) is 10.6 Å². The van der Waals surface area contributed by atoms with Gasteiger partial charge in [0, 0.05) is 25.0 Å². The van der Waals surface area contributed by atoms with Crippen LogP contribution in [0.15, 0.2) is 41.8 Å². The second kappa shape index (κ2) is 7.92. The molecule has 1 aromatic carbocycles. The van der Waals surface area contributed by atoms with Gasteiger partial charge in [0.2, 0.25) is 0 Å². The Kier molecular flexibility index (Phi) is 6.15. The number of amides is 1. The minimum atomic E-state index is -2.95. The predicted octanol–water partition coefficient (Wildman–Crippen LogP) is 3.34. The molecule has 4 nitrogen and oxygen atoms in total. The molecule has 24 heavy (non-hydrogen) atoms. The first-order chi connectivity index (χ1) is 11.1. The van der Waals surface area contributed by atoms with Crippen LogP contribution in [0.5, 0.6) is 5.75 Å². The number of likely N-dealkylation sites (tertiary alicyclic amines) is 1. The maximum Gasteiger partial charge on any atom is 0.387 e. The molecular formula is C16H17ClF2N2O2S. The van der Waals surface area contributed by atoms with Crippen molar-refractivity contribution in [2.24, 2.45) is 5.73 Å². The number of rotatable bonds is 4. The fourth-order valence-corrected chi connectivity index (χ4v) is 3.62. The maximum absolute atomic E-state index is 12.6. The third-order valence-corrected chi connectivity index (χ3v) is 4.80. The van der Waals surface area contributed by atoms with Crippen LogP contribution in [0.1, 0.15) is 21.2 Å². The average Bonchev–Trinajstić information content (AvgIpc) is 3.13. The minimum absolute atomic E-state index is 0. The van der Waals surface area contributed by atoms with Gasteiger partial charge < -0.3 is 15.4 Å². The third kappa shape index (κ3) is 3.85. The molecule has 1 saturated heterocycles. The van der Waals surface area contributed by atoms with Crippen LogP contribution < -0.4 is 10.5 Å². The van der Waals surface area contributed by atoms with E-state index < -0.39 is 6.61 Å². The summed E-state index contributed by atoms with van der Waals surface area (Å²) in [6, 6.07) is 11.0. The van der Waals surface area contributed by atoms with Crippen molar-refractivity contribution in [3.63, 3.8) is 0 Å². The van der Waals surface area contributed by atoms with Gasteiger partial charge in [0.15, 0.2) is 0 Å². The molecule has 1 fully saturated rings. The Morgan fingerprint density at radius 3 is 2.62 bits per heavy atom. The summed E-state index contributed by atoms with van der Waals surface area (Å²) in [5.41, 5.74) is 7.24. The average molecular weight is 375 g/mol. The summed E-state index contributed by atoms with van der Waals surface area (Å²) in [5, 5.41) is 1.57. The normalized spacial score (nSPS) is 20.1. The van der Waals surface area contributed by atoms with Crippen LogP contribution in [-0.4, -0.2) is 36.5 Å². The number of nitrogens with two attached hydrogens (primary N) is 1. The molecule has 0 aliphatic carbocycles. The first-order valence-electron chi connectivity index (χ1n) is 7.18. The maximum atomic E-state index is 12.6. The molecule has 0 bridgehead atoms. The number of alkyl halides is 2. The lowest BCUT2D eigenvalue weighted by molar-refractivity contribution is -0.0499. The number of carbonyl (C=O) groups is 1. The summed E-state index contributed by atoms with van der Waals surface area (Å²) >= 11 is 1.09. The molecule has 2 aromatic rings.